The molecule has 0 spiro atoms. The first-order chi connectivity index (χ1) is 8.34. The molecule has 0 amide bonds. The normalized spacial score (nSPS) is 24.1. The second kappa shape index (κ2) is 6.80. The van der Waals surface area contributed by atoms with E-state index in [4.69, 9.17) is 0 Å². The Kier molecular flexibility index (Phi) is 5.06. The van der Waals surface area contributed by atoms with Crippen LogP contribution in [0.3, 0.4) is 0 Å². The smallest absolute Gasteiger partial charge is 0.0543 e. The van der Waals surface area contributed by atoms with Crippen LogP contribution in [0.4, 0.5) is 0 Å². The largest absolute Gasteiger partial charge is 0.393 e. The quantitative estimate of drug-likeness (QED) is 0.736. The number of rotatable bonds is 6. The van der Waals surface area contributed by atoms with Crippen LogP contribution in [-0.2, 0) is 6.42 Å². The molecule has 2 atom stereocenters. The number of hydrogen-bond acceptors (Lipinski definition) is 1. The van der Waals surface area contributed by atoms with Crippen molar-refractivity contribution in [3.05, 3.63) is 35.9 Å². The van der Waals surface area contributed by atoms with Crippen molar-refractivity contribution in [2.75, 3.05) is 0 Å². The lowest BCUT2D eigenvalue weighted by Crippen LogP contribution is -2.00. The number of hydrogen-bond donors (Lipinski definition) is 1. The molecule has 0 heterocycles. The van der Waals surface area contributed by atoms with Crippen molar-refractivity contribution in [3.63, 3.8) is 0 Å². The zero-order chi connectivity index (χ0) is 11.9. The van der Waals surface area contributed by atoms with Crippen LogP contribution in [0.2, 0.25) is 0 Å². The van der Waals surface area contributed by atoms with E-state index in [1.165, 1.54) is 44.1 Å². The Morgan fingerprint density at radius 1 is 1.00 bits per heavy atom. The topological polar surface area (TPSA) is 20.2 Å². The molecule has 2 rings (SSSR count). The third-order valence-corrected chi connectivity index (χ3v) is 3.93. The van der Waals surface area contributed by atoms with Gasteiger partial charge in [-0.2, -0.15) is 0 Å². The van der Waals surface area contributed by atoms with Gasteiger partial charge in [-0.1, -0.05) is 49.6 Å². The van der Waals surface area contributed by atoms with E-state index in [1.54, 1.807) is 0 Å². The minimum atomic E-state index is 0.00400. The zero-order valence-corrected chi connectivity index (χ0v) is 10.6. The molecule has 0 saturated heterocycles. The fraction of sp³-hybridized carbons (Fsp3) is 0.625. The van der Waals surface area contributed by atoms with Crippen molar-refractivity contribution in [2.45, 2.75) is 57.5 Å². The highest BCUT2D eigenvalue weighted by Crippen LogP contribution is 2.29. The standard InChI is InChI=1S/C16H24O/c17-16-12-11-15(13-16)10-6-2-5-9-14-7-3-1-4-8-14/h1,3-4,7-8,15-17H,2,5-6,9-13H2. The van der Waals surface area contributed by atoms with E-state index >= 15 is 0 Å². The van der Waals surface area contributed by atoms with Crippen LogP contribution >= 0.6 is 0 Å². The summed E-state index contributed by atoms with van der Waals surface area (Å²) < 4.78 is 0. The van der Waals surface area contributed by atoms with E-state index in [0.717, 1.165) is 18.8 Å². The molecular formula is C16H24O. The van der Waals surface area contributed by atoms with Gasteiger partial charge in [0.1, 0.15) is 0 Å². The van der Waals surface area contributed by atoms with Gasteiger partial charge in [0.15, 0.2) is 0 Å². The summed E-state index contributed by atoms with van der Waals surface area (Å²) in [5.74, 6) is 0.807. The van der Waals surface area contributed by atoms with Crippen LogP contribution < -0.4 is 0 Å². The van der Waals surface area contributed by atoms with Crippen LogP contribution in [0, 0.1) is 5.92 Å². The fourth-order valence-corrected chi connectivity index (χ4v) is 2.89. The predicted octanol–water partition coefficient (Wildman–Crippen LogP) is 3.95. The van der Waals surface area contributed by atoms with E-state index in [9.17, 15) is 5.11 Å². The van der Waals surface area contributed by atoms with Gasteiger partial charge >= 0.3 is 0 Å². The maximum Gasteiger partial charge on any atom is 0.0543 e. The van der Waals surface area contributed by atoms with Crippen molar-refractivity contribution in [1.82, 2.24) is 0 Å². The predicted molar refractivity (Wildman–Crippen MR) is 72.0 cm³/mol. The van der Waals surface area contributed by atoms with E-state index in [0.29, 0.717) is 0 Å². The number of aliphatic hydroxyl groups is 1. The highest BCUT2D eigenvalue weighted by molar-refractivity contribution is 5.14. The molecular weight excluding hydrogens is 208 g/mol. The van der Waals surface area contributed by atoms with Crippen LogP contribution in [0.5, 0.6) is 0 Å². The second-order valence-corrected chi connectivity index (χ2v) is 5.42. The van der Waals surface area contributed by atoms with Crippen molar-refractivity contribution < 1.29 is 5.11 Å². The number of unbranched alkanes of at least 4 members (excludes halogenated alkanes) is 2. The SMILES string of the molecule is OC1CCC(CCCCCc2ccccc2)C1. The molecule has 1 nitrogen and oxygen atoms in total. The number of aryl methyl sites for hydroxylation is 1. The van der Waals surface area contributed by atoms with Crippen molar-refractivity contribution in [3.8, 4) is 0 Å². The highest BCUT2D eigenvalue weighted by Gasteiger charge is 2.21. The van der Waals surface area contributed by atoms with Gasteiger partial charge in [-0.25, -0.2) is 0 Å². The molecule has 1 saturated carbocycles. The van der Waals surface area contributed by atoms with Crippen molar-refractivity contribution in [2.24, 2.45) is 5.92 Å². The van der Waals surface area contributed by atoms with Crippen LogP contribution in [0.15, 0.2) is 30.3 Å². The van der Waals surface area contributed by atoms with E-state index < -0.39 is 0 Å². The van der Waals surface area contributed by atoms with Gasteiger partial charge in [0, 0.05) is 0 Å². The Morgan fingerprint density at radius 3 is 2.53 bits per heavy atom. The average Bonchev–Trinajstić information content (AvgIpc) is 2.76. The molecule has 1 aliphatic carbocycles. The molecule has 1 aromatic carbocycles. The van der Waals surface area contributed by atoms with Crippen molar-refractivity contribution in [1.29, 1.82) is 0 Å². The molecule has 0 bridgehead atoms. The van der Waals surface area contributed by atoms with Gasteiger partial charge in [-0.3, -0.25) is 0 Å². The molecule has 0 radical (unpaired) electrons. The van der Waals surface area contributed by atoms with Gasteiger partial charge in [0.25, 0.3) is 0 Å². The summed E-state index contributed by atoms with van der Waals surface area (Å²) >= 11 is 0. The zero-order valence-electron chi connectivity index (χ0n) is 10.6. The fourth-order valence-electron chi connectivity index (χ4n) is 2.89. The molecule has 0 aliphatic heterocycles. The molecule has 17 heavy (non-hydrogen) atoms. The van der Waals surface area contributed by atoms with Crippen LogP contribution in [0.25, 0.3) is 0 Å². The van der Waals surface area contributed by atoms with Gasteiger partial charge in [0.05, 0.1) is 6.10 Å². The first-order valence-electron chi connectivity index (χ1n) is 7.06. The highest BCUT2D eigenvalue weighted by atomic mass is 16.3. The Morgan fingerprint density at radius 2 is 1.82 bits per heavy atom. The minimum Gasteiger partial charge on any atom is -0.393 e. The summed E-state index contributed by atoms with van der Waals surface area (Å²) in [5.41, 5.74) is 1.46. The molecule has 2 unspecified atom stereocenters. The molecule has 94 valence electrons. The summed E-state index contributed by atoms with van der Waals surface area (Å²) in [7, 11) is 0. The first-order valence-corrected chi connectivity index (χ1v) is 7.06. The maximum absolute atomic E-state index is 9.45. The Hall–Kier alpha value is -0.820. The third-order valence-electron chi connectivity index (χ3n) is 3.93. The monoisotopic (exact) mass is 232 g/mol. The van der Waals surface area contributed by atoms with E-state index in [1.807, 2.05) is 0 Å². The van der Waals surface area contributed by atoms with Crippen molar-refractivity contribution >= 4 is 0 Å². The summed E-state index contributed by atoms with van der Waals surface area (Å²) in [6.07, 6.45) is 9.86. The average molecular weight is 232 g/mol. The minimum absolute atomic E-state index is 0.00400. The van der Waals surface area contributed by atoms with Gasteiger partial charge in [-0.05, 0) is 43.6 Å². The van der Waals surface area contributed by atoms with Crippen LogP contribution in [-0.4, -0.2) is 11.2 Å². The molecule has 1 aromatic rings. The molecule has 1 aliphatic rings. The molecule has 1 heteroatoms. The van der Waals surface area contributed by atoms with Crippen LogP contribution in [0.1, 0.15) is 50.5 Å². The third kappa shape index (κ3) is 4.51. The molecule has 1 fully saturated rings. The maximum atomic E-state index is 9.45. The summed E-state index contributed by atoms with van der Waals surface area (Å²) in [4.78, 5) is 0. The lowest BCUT2D eigenvalue weighted by atomic mass is 9.98. The lowest BCUT2D eigenvalue weighted by molar-refractivity contribution is 0.176. The molecule has 0 aromatic heterocycles. The Bertz CT molecular complexity index is 307. The van der Waals surface area contributed by atoms with E-state index in [-0.39, 0.29) is 6.10 Å². The van der Waals surface area contributed by atoms with Gasteiger partial charge in [0.2, 0.25) is 0 Å². The Balaban J connectivity index is 1.52. The lowest BCUT2D eigenvalue weighted by Gasteiger charge is -2.08. The number of benzene rings is 1. The first kappa shape index (κ1) is 12.6. The second-order valence-electron chi connectivity index (χ2n) is 5.42. The number of aliphatic hydroxyl groups excluding tert-OH is 1. The summed E-state index contributed by atoms with van der Waals surface area (Å²) in [5, 5.41) is 9.45. The van der Waals surface area contributed by atoms with E-state index in [2.05, 4.69) is 30.3 Å². The summed E-state index contributed by atoms with van der Waals surface area (Å²) in [6.45, 7) is 0. The van der Waals surface area contributed by atoms with Gasteiger partial charge < -0.3 is 5.11 Å². The Labute approximate surface area is 105 Å². The summed E-state index contributed by atoms with van der Waals surface area (Å²) in [6, 6.07) is 10.8. The van der Waals surface area contributed by atoms with Gasteiger partial charge in [-0.15, -0.1) is 0 Å². The molecule has 1 N–H and O–H groups in total.